The Labute approximate surface area is 123 Å². The Hall–Kier alpha value is -1.83. The molecule has 1 aliphatic heterocycles. The molecule has 1 fully saturated rings. The third-order valence-electron chi connectivity index (χ3n) is 3.88. The normalized spacial score (nSPS) is 19.4. The average molecular weight is 291 g/mol. The Bertz CT molecular complexity index is 579. The molecule has 0 radical (unpaired) electrons. The minimum absolute atomic E-state index is 0.207. The van der Waals surface area contributed by atoms with Crippen LogP contribution in [0.5, 0.6) is 0 Å². The van der Waals surface area contributed by atoms with Crippen molar-refractivity contribution in [1.29, 1.82) is 0 Å². The minimum atomic E-state index is 0.207. The summed E-state index contributed by atoms with van der Waals surface area (Å²) >= 11 is 0. The average Bonchev–Trinajstić information content (AvgIpc) is 3.18. The maximum Gasteiger partial charge on any atom is 0.223 e. The van der Waals surface area contributed by atoms with Crippen LogP contribution in [0.15, 0.2) is 4.52 Å². The fraction of sp³-hybridized carbons (Fsp3) is 0.769. The number of aromatic nitrogens is 6. The Morgan fingerprint density at radius 3 is 3.05 bits per heavy atom. The molecule has 114 valence electrons. The first-order chi connectivity index (χ1) is 10.3. The molecule has 1 aliphatic rings. The van der Waals surface area contributed by atoms with Gasteiger partial charge in [0, 0.05) is 13.5 Å². The first-order valence-electron chi connectivity index (χ1n) is 7.57. The molecular weight excluding hydrogens is 270 g/mol. The van der Waals surface area contributed by atoms with Gasteiger partial charge in [0.1, 0.15) is 0 Å². The van der Waals surface area contributed by atoms with Gasteiger partial charge in [0.2, 0.25) is 5.89 Å². The molecule has 0 saturated carbocycles. The summed E-state index contributed by atoms with van der Waals surface area (Å²) in [5, 5.41) is 16.1. The Morgan fingerprint density at radius 1 is 1.38 bits per heavy atom. The summed E-state index contributed by atoms with van der Waals surface area (Å²) in [6.45, 7) is 6.60. The van der Waals surface area contributed by atoms with Crippen LogP contribution in [0.1, 0.15) is 56.2 Å². The van der Waals surface area contributed by atoms with Crippen LogP contribution in [-0.4, -0.2) is 41.8 Å². The predicted octanol–water partition coefficient (Wildman–Crippen LogP) is 1.50. The highest BCUT2D eigenvalue weighted by Gasteiger charge is 2.30. The summed E-state index contributed by atoms with van der Waals surface area (Å²) in [7, 11) is 0. The lowest BCUT2D eigenvalue weighted by atomic mass is 10.2. The van der Waals surface area contributed by atoms with Gasteiger partial charge in [-0.05, 0) is 36.2 Å². The molecule has 1 saturated heterocycles. The van der Waals surface area contributed by atoms with E-state index in [2.05, 4.69) is 37.5 Å². The number of likely N-dealkylation sites (tertiary alicyclic amines) is 1. The van der Waals surface area contributed by atoms with Crippen molar-refractivity contribution >= 4 is 0 Å². The van der Waals surface area contributed by atoms with Crippen LogP contribution < -0.4 is 0 Å². The minimum Gasteiger partial charge on any atom is -0.340 e. The molecule has 0 aliphatic carbocycles. The van der Waals surface area contributed by atoms with Crippen molar-refractivity contribution < 1.29 is 4.52 Å². The molecule has 21 heavy (non-hydrogen) atoms. The zero-order chi connectivity index (χ0) is 14.7. The standard InChI is InChI=1S/C13H21N7O/c1-3-4-8-20-12(15-17-18-20)9-19-7-5-6-11(19)13-14-10(2)21-16-13/h11H,3-9H2,1-2H3/t11-/m0/s1. The topological polar surface area (TPSA) is 85.8 Å². The van der Waals surface area contributed by atoms with Gasteiger partial charge in [0.15, 0.2) is 11.6 Å². The zero-order valence-electron chi connectivity index (χ0n) is 12.6. The van der Waals surface area contributed by atoms with E-state index in [4.69, 9.17) is 4.52 Å². The Balaban J connectivity index is 1.70. The summed E-state index contributed by atoms with van der Waals surface area (Å²) in [6.07, 6.45) is 4.41. The SMILES string of the molecule is CCCCn1nnnc1CN1CCC[C@H]1c1noc(C)n1. The number of nitrogens with zero attached hydrogens (tertiary/aromatic N) is 7. The van der Waals surface area contributed by atoms with Gasteiger partial charge in [0.05, 0.1) is 12.6 Å². The molecular formula is C13H21N7O. The van der Waals surface area contributed by atoms with E-state index in [-0.39, 0.29) is 6.04 Å². The van der Waals surface area contributed by atoms with Crippen molar-refractivity contribution in [2.24, 2.45) is 0 Å². The first kappa shape index (κ1) is 14.1. The quantitative estimate of drug-likeness (QED) is 0.797. The molecule has 3 heterocycles. The third kappa shape index (κ3) is 3.10. The highest BCUT2D eigenvalue weighted by molar-refractivity contribution is 4.98. The van der Waals surface area contributed by atoms with Gasteiger partial charge in [-0.2, -0.15) is 4.98 Å². The van der Waals surface area contributed by atoms with E-state index in [0.29, 0.717) is 5.89 Å². The largest absolute Gasteiger partial charge is 0.340 e. The smallest absolute Gasteiger partial charge is 0.223 e. The van der Waals surface area contributed by atoms with E-state index in [1.54, 1.807) is 0 Å². The summed E-state index contributed by atoms with van der Waals surface area (Å²) in [6, 6.07) is 0.207. The molecule has 2 aromatic heterocycles. The summed E-state index contributed by atoms with van der Waals surface area (Å²) in [5.74, 6) is 2.30. The van der Waals surface area contributed by atoms with Crippen LogP contribution in [0.4, 0.5) is 0 Å². The molecule has 8 nitrogen and oxygen atoms in total. The van der Waals surface area contributed by atoms with Gasteiger partial charge >= 0.3 is 0 Å². The van der Waals surface area contributed by atoms with Crippen LogP contribution in [0.3, 0.4) is 0 Å². The van der Waals surface area contributed by atoms with Gasteiger partial charge in [0.25, 0.3) is 0 Å². The fourth-order valence-electron chi connectivity index (χ4n) is 2.76. The molecule has 0 bridgehead atoms. The second kappa shape index (κ2) is 6.30. The fourth-order valence-corrected chi connectivity index (χ4v) is 2.76. The number of hydrogen-bond donors (Lipinski definition) is 0. The van der Waals surface area contributed by atoms with Crippen molar-refractivity contribution in [3.05, 3.63) is 17.5 Å². The first-order valence-corrected chi connectivity index (χ1v) is 7.57. The zero-order valence-corrected chi connectivity index (χ0v) is 12.6. The van der Waals surface area contributed by atoms with Gasteiger partial charge in [-0.1, -0.05) is 18.5 Å². The molecule has 0 aromatic carbocycles. The number of aryl methyl sites for hydroxylation is 2. The molecule has 0 unspecified atom stereocenters. The lowest BCUT2D eigenvalue weighted by molar-refractivity contribution is 0.224. The van der Waals surface area contributed by atoms with Gasteiger partial charge in [-0.3, -0.25) is 4.90 Å². The highest BCUT2D eigenvalue weighted by Crippen LogP contribution is 2.31. The van der Waals surface area contributed by atoms with E-state index in [9.17, 15) is 0 Å². The van der Waals surface area contributed by atoms with Crippen LogP contribution in [0.2, 0.25) is 0 Å². The van der Waals surface area contributed by atoms with Crippen molar-refractivity contribution in [2.75, 3.05) is 6.54 Å². The van der Waals surface area contributed by atoms with Gasteiger partial charge in [-0.25, -0.2) is 4.68 Å². The maximum atomic E-state index is 5.10. The monoisotopic (exact) mass is 291 g/mol. The van der Waals surface area contributed by atoms with Crippen molar-refractivity contribution in [3.8, 4) is 0 Å². The van der Waals surface area contributed by atoms with Crippen LogP contribution in [0.25, 0.3) is 0 Å². The van der Waals surface area contributed by atoms with Crippen LogP contribution in [0, 0.1) is 6.92 Å². The Morgan fingerprint density at radius 2 is 2.29 bits per heavy atom. The van der Waals surface area contributed by atoms with Crippen molar-refractivity contribution in [1.82, 2.24) is 35.2 Å². The molecule has 1 atom stereocenters. The van der Waals surface area contributed by atoms with Crippen molar-refractivity contribution in [3.63, 3.8) is 0 Å². The van der Waals surface area contributed by atoms with Crippen molar-refractivity contribution in [2.45, 2.75) is 58.7 Å². The van der Waals surface area contributed by atoms with E-state index in [0.717, 1.165) is 57.0 Å². The summed E-state index contributed by atoms with van der Waals surface area (Å²) < 4.78 is 7.01. The molecule has 3 rings (SSSR count). The lowest BCUT2D eigenvalue weighted by Gasteiger charge is -2.20. The summed E-state index contributed by atoms with van der Waals surface area (Å²) in [4.78, 5) is 6.70. The van der Waals surface area contributed by atoms with E-state index >= 15 is 0 Å². The number of rotatable bonds is 6. The van der Waals surface area contributed by atoms with E-state index < -0.39 is 0 Å². The second-order valence-electron chi connectivity index (χ2n) is 5.47. The highest BCUT2D eigenvalue weighted by atomic mass is 16.5. The van der Waals surface area contributed by atoms with Gasteiger partial charge in [-0.15, -0.1) is 5.10 Å². The molecule has 2 aromatic rings. The molecule has 0 spiro atoms. The van der Waals surface area contributed by atoms with E-state index in [1.807, 2.05) is 11.6 Å². The number of unbranched alkanes of at least 4 members (excludes halogenated alkanes) is 1. The predicted molar refractivity (Wildman–Crippen MR) is 74.1 cm³/mol. The molecule has 0 N–H and O–H groups in total. The van der Waals surface area contributed by atoms with Gasteiger partial charge < -0.3 is 4.52 Å². The van der Waals surface area contributed by atoms with Crippen LogP contribution >= 0.6 is 0 Å². The van der Waals surface area contributed by atoms with E-state index in [1.165, 1.54) is 0 Å². The second-order valence-corrected chi connectivity index (χ2v) is 5.47. The Kier molecular flexibility index (Phi) is 4.23. The lowest BCUT2D eigenvalue weighted by Crippen LogP contribution is -2.25. The third-order valence-corrected chi connectivity index (χ3v) is 3.88. The molecule has 0 amide bonds. The summed E-state index contributed by atoms with van der Waals surface area (Å²) in [5.41, 5.74) is 0. The number of tetrazole rings is 1. The molecule has 8 heteroatoms. The maximum absolute atomic E-state index is 5.10. The number of hydrogen-bond acceptors (Lipinski definition) is 7. The van der Waals surface area contributed by atoms with Crippen LogP contribution in [-0.2, 0) is 13.1 Å².